The normalized spacial score (nSPS) is 12.0. The third-order valence-electron chi connectivity index (χ3n) is 3.52. The molecule has 1 unspecified atom stereocenters. The summed E-state index contributed by atoms with van der Waals surface area (Å²) in [6.45, 7) is 0. The van der Waals surface area contributed by atoms with Gasteiger partial charge >= 0.3 is 0 Å². The van der Waals surface area contributed by atoms with Crippen LogP contribution in [0.15, 0.2) is 79.0 Å². The van der Waals surface area contributed by atoms with E-state index in [2.05, 4.69) is 23.2 Å². The highest BCUT2D eigenvalue weighted by molar-refractivity contribution is 5.62. The van der Waals surface area contributed by atoms with Crippen LogP contribution in [0.25, 0.3) is 11.1 Å². The van der Waals surface area contributed by atoms with Crippen molar-refractivity contribution in [2.75, 3.05) is 0 Å². The molecule has 0 aliphatic rings. The average Bonchev–Trinajstić information content (AvgIpc) is 2.57. The third-order valence-corrected chi connectivity index (χ3v) is 3.52. The van der Waals surface area contributed by atoms with Gasteiger partial charge in [0.25, 0.3) is 0 Å². The summed E-state index contributed by atoms with van der Waals surface area (Å²) in [7, 11) is 0. The van der Waals surface area contributed by atoms with Gasteiger partial charge in [0, 0.05) is 23.9 Å². The second-order valence-corrected chi connectivity index (χ2v) is 5.03. The Morgan fingerprint density at radius 3 is 2.05 bits per heavy atom. The Labute approximate surface area is 124 Å². The van der Waals surface area contributed by atoms with E-state index in [4.69, 9.17) is 0 Å². The molecule has 2 heteroatoms. The standard InChI is InChI=1S/C19H17NO/c21-19(16-9-5-2-6-10-16)13-18-12-11-17(14-20-18)15-7-3-1-4-8-15/h1-12,14,19,21H,13H2. The van der Waals surface area contributed by atoms with Crippen LogP contribution in [0, 0.1) is 0 Å². The maximum Gasteiger partial charge on any atom is 0.0845 e. The average molecular weight is 275 g/mol. The Morgan fingerprint density at radius 2 is 1.43 bits per heavy atom. The zero-order valence-electron chi connectivity index (χ0n) is 11.7. The molecule has 1 heterocycles. The lowest BCUT2D eigenvalue weighted by Crippen LogP contribution is -2.03. The molecule has 104 valence electrons. The van der Waals surface area contributed by atoms with Crippen molar-refractivity contribution in [3.8, 4) is 11.1 Å². The Balaban J connectivity index is 1.73. The van der Waals surface area contributed by atoms with Gasteiger partial charge < -0.3 is 5.11 Å². The molecule has 1 aromatic heterocycles. The number of aliphatic hydroxyl groups is 1. The van der Waals surface area contributed by atoms with E-state index >= 15 is 0 Å². The lowest BCUT2D eigenvalue weighted by molar-refractivity contribution is 0.177. The first kappa shape index (κ1) is 13.5. The number of hydrogen-bond acceptors (Lipinski definition) is 2. The predicted molar refractivity (Wildman–Crippen MR) is 84.8 cm³/mol. The molecule has 0 fully saturated rings. The second-order valence-electron chi connectivity index (χ2n) is 5.03. The highest BCUT2D eigenvalue weighted by Crippen LogP contribution is 2.20. The zero-order chi connectivity index (χ0) is 14.5. The smallest absolute Gasteiger partial charge is 0.0845 e. The molecule has 21 heavy (non-hydrogen) atoms. The highest BCUT2D eigenvalue weighted by Gasteiger charge is 2.09. The summed E-state index contributed by atoms with van der Waals surface area (Å²) in [6.07, 6.45) is 1.88. The van der Waals surface area contributed by atoms with Gasteiger partial charge in [0.15, 0.2) is 0 Å². The van der Waals surface area contributed by atoms with E-state index in [0.29, 0.717) is 6.42 Å². The quantitative estimate of drug-likeness (QED) is 0.780. The largest absolute Gasteiger partial charge is 0.388 e. The first-order valence-corrected chi connectivity index (χ1v) is 7.06. The van der Waals surface area contributed by atoms with Crippen molar-refractivity contribution in [1.82, 2.24) is 4.98 Å². The minimum Gasteiger partial charge on any atom is -0.388 e. The van der Waals surface area contributed by atoms with E-state index in [0.717, 1.165) is 22.4 Å². The molecule has 0 amide bonds. The molecule has 0 bridgehead atoms. The van der Waals surface area contributed by atoms with Crippen LogP contribution in [0.2, 0.25) is 0 Å². The molecule has 3 aromatic rings. The molecule has 1 atom stereocenters. The van der Waals surface area contributed by atoms with Crippen molar-refractivity contribution in [3.63, 3.8) is 0 Å². The SMILES string of the molecule is OC(Cc1ccc(-c2ccccc2)cn1)c1ccccc1. The van der Waals surface area contributed by atoms with Crippen LogP contribution in [-0.2, 0) is 6.42 Å². The van der Waals surface area contributed by atoms with Crippen molar-refractivity contribution >= 4 is 0 Å². The molecule has 0 radical (unpaired) electrons. The van der Waals surface area contributed by atoms with E-state index in [-0.39, 0.29) is 0 Å². The highest BCUT2D eigenvalue weighted by atomic mass is 16.3. The fourth-order valence-corrected chi connectivity index (χ4v) is 2.34. The molecule has 0 aliphatic heterocycles. The summed E-state index contributed by atoms with van der Waals surface area (Å²) in [5.41, 5.74) is 4.06. The lowest BCUT2D eigenvalue weighted by Gasteiger charge is -2.10. The molecule has 0 spiro atoms. The first-order chi connectivity index (χ1) is 10.3. The number of benzene rings is 2. The van der Waals surface area contributed by atoms with Gasteiger partial charge in [-0.05, 0) is 17.2 Å². The number of hydrogen-bond donors (Lipinski definition) is 1. The first-order valence-electron chi connectivity index (χ1n) is 7.06. The van der Waals surface area contributed by atoms with Crippen molar-refractivity contribution in [2.24, 2.45) is 0 Å². The van der Waals surface area contributed by atoms with Crippen molar-refractivity contribution < 1.29 is 5.11 Å². The Hall–Kier alpha value is -2.45. The zero-order valence-corrected chi connectivity index (χ0v) is 11.7. The minimum absolute atomic E-state index is 0.513. The Bertz CT molecular complexity index is 678. The fraction of sp³-hybridized carbons (Fsp3) is 0.105. The molecule has 1 N–H and O–H groups in total. The molecule has 0 aliphatic carbocycles. The molecular formula is C19H17NO. The second kappa shape index (κ2) is 6.33. The summed E-state index contributed by atoms with van der Waals surface area (Å²) in [5, 5.41) is 10.2. The summed E-state index contributed by atoms with van der Waals surface area (Å²) in [5.74, 6) is 0. The fourth-order valence-electron chi connectivity index (χ4n) is 2.34. The van der Waals surface area contributed by atoms with E-state index < -0.39 is 6.10 Å². The molecule has 0 saturated heterocycles. The van der Waals surface area contributed by atoms with Crippen LogP contribution < -0.4 is 0 Å². The van der Waals surface area contributed by atoms with Crippen molar-refractivity contribution in [3.05, 3.63) is 90.3 Å². The molecular weight excluding hydrogens is 258 g/mol. The van der Waals surface area contributed by atoms with Crippen LogP contribution >= 0.6 is 0 Å². The van der Waals surface area contributed by atoms with Crippen LogP contribution in [0.1, 0.15) is 17.4 Å². The van der Waals surface area contributed by atoms with Gasteiger partial charge in [-0.1, -0.05) is 66.7 Å². The summed E-state index contributed by atoms with van der Waals surface area (Å²) in [4.78, 5) is 4.46. The summed E-state index contributed by atoms with van der Waals surface area (Å²) >= 11 is 0. The number of aromatic nitrogens is 1. The Morgan fingerprint density at radius 1 is 0.762 bits per heavy atom. The van der Waals surface area contributed by atoms with Crippen molar-refractivity contribution in [1.29, 1.82) is 0 Å². The third kappa shape index (κ3) is 3.36. The van der Waals surface area contributed by atoms with Gasteiger partial charge in [-0.3, -0.25) is 4.98 Å². The maximum atomic E-state index is 10.2. The van der Waals surface area contributed by atoms with E-state index in [9.17, 15) is 5.11 Å². The topological polar surface area (TPSA) is 33.1 Å². The van der Waals surface area contributed by atoms with E-state index in [1.54, 1.807) is 0 Å². The van der Waals surface area contributed by atoms with Crippen LogP contribution in [0.3, 0.4) is 0 Å². The van der Waals surface area contributed by atoms with Crippen LogP contribution in [-0.4, -0.2) is 10.1 Å². The number of nitrogens with zero attached hydrogens (tertiary/aromatic N) is 1. The molecule has 3 rings (SSSR count). The van der Waals surface area contributed by atoms with E-state index in [1.807, 2.05) is 60.8 Å². The predicted octanol–water partition coefficient (Wildman–Crippen LogP) is 4.02. The molecule has 0 saturated carbocycles. The van der Waals surface area contributed by atoms with Crippen LogP contribution in [0.4, 0.5) is 0 Å². The number of pyridine rings is 1. The minimum atomic E-state index is -0.513. The maximum absolute atomic E-state index is 10.2. The van der Waals surface area contributed by atoms with E-state index in [1.165, 1.54) is 0 Å². The number of rotatable bonds is 4. The van der Waals surface area contributed by atoms with Gasteiger partial charge in [0.2, 0.25) is 0 Å². The lowest BCUT2D eigenvalue weighted by atomic mass is 10.0. The van der Waals surface area contributed by atoms with Gasteiger partial charge in [-0.2, -0.15) is 0 Å². The van der Waals surface area contributed by atoms with Crippen LogP contribution in [0.5, 0.6) is 0 Å². The molecule has 2 nitrogen and oxygen atoms in total. The van der Waals surface area contributed by atoms with Gasteiger partial charge in [0.05, 0.1) is 6.10 Å². The molecule has 2 aromatic carbocycles. The van der Waals surface area contributed by atoms with Crippen molar-refractivity contribution in [2.45, 2.75) is 12.5 Å². The summed E-state index contributed by atoms with van der Waals surface area (Å²) in [6, 6.07) is 23.9. The summed E-state index contributed by atoms with van der Waals surface area (Å²) < 4.78 is 0. The van der Waals surface area contributed by atoms with Gasteiger partial charge in [-0.15, -0.1) is 0 Å². The number of aliphatic hydroxyl groups excluding tert-OH is 1. The van der Waals surface area contributed by atoms with Gasteiger partial charge in [-0.25, -0.2) is 0 Å². The monoisotopic (exact) mass is 275 g/mol. The Kier molecular flexibility index (Phi) is 4.08. The van der Waals surface area contributed by atoms with Gasteiger partial charge in [0.1, 0.15) is 0 Å².